The van der Waals surface area contributed by atoms with Crippen molar-refractivity contribution in [2.45, 2.75) is 6.54 Å². The van der Waals surface area contributed by atoms with Gasteiger partial charge >= 0.3 is 0 Å². The number of carbonyl (C=O) groups is 1. The summed E-state index contributed by atoms with van der Waals surface area (Å²) in [7, 11) is 0. The Hall–Kier alpha value is -2.11. The van der Waals surface area contributed by atoms with Crippen molar-refractivity contribution in [3.8, 4) is 11.3 Å². The third-order valence-electron chi connectivity index (χ3n) is 3.19. The first kappa shape index (κ1) is 15.8. The van der Waals surface area contributed by atoms with E-state index in [1.165, 1.54) is 0 Å². The lowest BCUT2D eigenvalue weighted by molar-refractivity contribution is 0.0946. The Morgan fingerprint density at radius 2 is 2.00 bits per heavy atom. The molecule has 2 aromatic carbocycles. The van der Waals surface area contributed by atoms with Crippen molar-refractivity contribution in [3.05, 3.63) is 75.7 Å². The molecule has 0 atom stereocenters. The molecule has 0 spiro atoms. The largest absolute Gasteiger partial charge is 0.439 e. The summed E-state index contributed by atoms with van der Waals surface area (Å²) >= 11 is 9.25. The van der Waals surface area contributed by atoms with Crippen molar-refractivity contribution in [2.24, 2.45) is 0 Å². The van der Waals surface area contributed by atoms with E-state index in [0.29, 0.717) is 26.7 Å². The van der Waals surface area contributed by atoms with Gasteiger partial charge in [-0.15, -0.1) is 0 Å². The van der Waals surface area contributed by atoms with Crippen molar-refractivity contribution in [1.82, 2.24) is 10.3 Å². The quantitative estimate of drug-likeness (QED) is 0.702. The predicted octanol–water partition coefficient (Wildman–Crippen LogP) is 4.69. The first-order valence-corrected chi connectivity index (χ1v) is 8.04. The highest BCUT2D eigenvalue weighted by atomic mass is 79.9. The van der Waals surface area contributed by atoms with Crippen LogP contribution in [0.25, 0.3) is 11.3 Å². The van der Waals surface area contributed by atoms with E-state index in [2.05, 4.69) is 26.2 Å². The summed E-state index contributed by atoms with van der Waals surface area (Å²) in [5.41, 5.74) is 1.41. The zero-order chi connectivity index (χ0) is 16.2. The second-order valence-electron chi connectivity index (χ2n) is 4.79. The lowest BCUT2D eigenvalue weighted by Crippen LogP contribution is -2.23. The molecular formula is C17H12BrClN2O2. The molecule has 0 saturated carbocycles. The van der Waals surface area contributed by atoms with E-state index < -0.39 is 0 Å². The zero-order valence-electron chi connectivity index (χ0n) is 11.9. The minimum absolute atomic E-state index is 0.199. The lowest BCUT2D eigenvalue weighted by Gasteiger charge is -2.05. The van der Waals surface area contributed by atoms with E-state index in [0.717, 1.165) is 5.56 Å². The number of amides is 1. The van der Waals surface area contributed by atoms with E-state index in [1.54, 1.807) is 24.4 Å². The summed E-state index contributed by atoms with van der Waals surface area (Å²) in [4.78, 5) is 16.4. The normalized spacial score (nSPS) is 10.5. The fourth-order valence-corrected chi connectivity index (χ4v) is 2.65. The first-order chi connectivity index (χ1) is 11.1. The summed E-state index contributed by atoms with van der Waals surface area (Å²) in [5, 5.41) is 3.27. The van der Waals surface area contributed by atoms with Crippen molar-refractivity contribution in [2.75, 3.05) is 0 Å². The van der Waals surface area contributed by atoms with E-state index in [1.807, 2.05) is 30.3 Å². The smallest absolute Gasteiger partial charge is 0.252 e. The van der Waals surface area contributed by atoms with Crippen LogP contribution >= 0.6 is 27.5 Å². The molecule has 6 heteroatoms. The Bertz CT molecular complexity index is 834. The standard InChI is InChI=1S/C17H12BrClN2O2/c18-14-7-6-12(19)8-13(14)17(22)21-10-16-20-9-15(23-16)11-4-2-1-3-5-11/h1-9H,10H2,(H,21,22). The van der Waals surface area contributed by atoms with Gasteiger partial charge in [0.25, 0.3) is 5.91 Å². The molecule has 1 heterocycles. The molecule has 1 N–H and O–H groups in total. The zero-order valence-corrected chi connectivity index (χ0v) is 14.3. The van der Waals surface area contributed by atoms with Crippen LogP contribution in [0.4, 0.5) is 0 Å². The summed E-state index contributed by atoms with van der Waals surface area (Å²) in [5.74, 6) is 0.855. The first-order valence-electron chi connectivity index (χ1n) is 6.87. The van der Waals surface area contributed by atoms with Gasteiger partial charge in [-0.1, -0.05) is 41.9 Å². The Morgan fingerprint density at radius 3 is 2.78 bits per heavy atom. The van der Waals surface area contributed by atoms with Gasteiger partial charge in [0.05, 0.1) is 18.3 Å². The molecular weight excluding hydrogens is 380 g/mol. The van der Waals surface area contributed by atoms with Crippen molar-refractivity contribution in [1.29, 1.82) is 0 Å². The molecule has 0 saturated heterocycles. The molecule has 0 radical (unpaired) electrons. The highest BCUT2D eigenvalue weighted by Gasteiger charge is 2.12. The number of nitrogens with one attached hydrogen (secondary N) is 1. The third kappa shape index (κ3) is 3.81. The molecule has 1 aromatic heterocycles. The Kier molecular flexibility index (Phi) is 4.79. The van der Waals surface area contributed by atoms with Crippen LogP contribution in [0.5, 0.6) is 0 Å². The molecule has 0 aliphatic heterocycles. The highest BCUT2D eigenvalue weighted by Crippen LogP contribution is 2.22. The summed E-state index contributed by atoms with van der Waals surface area (Å²) in [6.45, 7) is 0.199. The van der Waals surface area contributed by atoms with Gasteiger partial charge in [-0.2, -0.15) is 0 Å². The van der Waals surface area contributed by atoms with Crippen LogP contribution in [0, 0.1) is 0 Å². The topological polar surface area (TPSA) is 55.1 Å². The van der Waals surface area contributed by atoms with Crippen molar-refractivity contribution >= 4 is 33.4 Å². The minimum Gasteiger partial charge on any atom is -0.439 e. The molecule has 0 unspecified atom stereocenters. The number of carbonyl (C=O) groups excluding carboxylic acids is 1. The van der Waals surface area contributed by atoms with Gasteiger partial charge in [-0.05, 0) is 34.1 Å². The van der Waals surface area contributed by atoms with Crippen LogP contribution in [0.2, 0.25) is 5.02 Å². The Labute approximate surface area is 146 Å². The maximum atomic E-state index is 12.2. The number of hydrogen-bond donors (Lipinski definition) is 1. The average Bonchev–Trinajstić information content (AvgIpc) is 3.05. The summed E-state index contributed by atoms with van der Waals surface area (Å²) in [6.07, 6.45) is 1.64. The molecule has 3 rings (SSSR count). The molecule has 23 heavy (non-hydrogen) atoms. The Balaban J connectivity index is 1.68. The van der Waals surface area contributed by atoms with Gasteiger partial charge in [-0.25, -0.2) is 4.98 Å². The number of rotatable bonds is 4. The summed E-state index contributed by atoms with van der Waals surface area (Å²) < 4.78 is 6.32. The van der Waals surface area contributed by atoms with Crippen LogP contribution < -0.4 is 5.32 Å². The highest BCUT2D eigenvalue weighted by molar-refractivity contribution is 9.10. The SMILES string of the molecule is O=C(NCc1ncc(-c2ccccc2)o1)c1cc(Cl)ccc1Br. The fraction of sp³-hybridized carbons (Fsp3) is 0.0588. The van der Waals surface area contributed by atoms with E-state index in [-0.39, 0.29) is 12.5 Å². The molecule has 4 nitrogen and oxygen atoms in total. The van der Waals surface area contributed by atoms with Crippen molar-refractivity contribution < 1.29 is 9.21 Å². The second kappa shape index (κ2) is 6.98. The second-order valence-corrected chi connectivity index (χ2v) is 6.08. The maximum Gasteiger partial charge on any atom is 0.252 e. The van der Waals surface area contributed by atoms with Crippen LogP contribution in [-0.2, 0) is 6.54 Å². The van der Waals surface area contributed by atoms with Gasteiger partial charge in [-0.3, -0.25) is 4.79 Å². The molecule has 3 aromatic rings. The Morgan fingerprint density at radius 1 is 1.22 bits per heavy atom. The van der Waals surface area contributed by atoms with E-state index in [9.17, 15) is 4.79 Å². The number of hydrogen-bond acceptors (Lipinski definition) is 3. The number of nitrogens with zero attached hydrogens (tertiary/aromatic N) is 1. The fourth-order valence-electron chi connectivity index (χ4n) is 2.05. The van der Waals surface area contributed by atoms with Gasteiger partial charge in [0.2, 0.25) is 5.89 Å². The van der Waals surface area contributed by atoms with E-state index >= 15 is 0 Å². The van der Waals surface area contributed by atoms with Crippen LogP contribution in [0.15, 0.2) is 63.6 Å². The molecule has 0 aliphatic rings. The molecule has 116 valence electrons. The molecule has 0 aliphatic carbocycles. The molecule has 0 fully saturated rings. The van der Waals surface area contributed by atoms with Crippen LogP contribution in [-0.4, -0.2) is 10.9 Å². The predicted molar refractivity (Wildman–Crippen MR) is 92.3 cm³/mol. The maximum absolute atomic E-state index is 12.2. The number of benzene rings is 2. The minimum atomic E-state index is -0.251. The number of oxazole rings is 1. The van der Waals surface area contributed by atoms with Gasteiger partial charge in [0.1, 0.15) is 0 Å². The van der Waals surface area contributed by atoms with Gasteiger partial charge < -0.3 is 9.73 Å². The number of aromatic nitrogens is 1. The third-order valence-corrected chi connectivity index (χ3v) is 4.11. The summed E-state index contributed by atoms with van der Waals surface area (Å²) in [6, 6.07) is 14.7. The van der Waals surface area contributed by atoms with Gasteiger partial charge in [0.15, 0.2) is 5.76 Å². The monoisotopic (exact) mass is 390 g/mol. The van der Waals surface area contributed by atoms with Crippen molar-refractivity contribution in [3.63, 3.8) is 0 Å². The van der Waals surface area contributed by atoms with Crippen LogP contribution in [0.1, 0.15) is 16.2 Å². The van der Waals surface area contributed by atoms with Gasteiger partial charge in [0, 0.05) is 15.1 Å². The molecule has 1 amide bonds. The average molecular weight is 392 g/mol. The lowest BCUT2D eigenvalue weighted by atomic mass is 10.2. The van der Waals surface area contributed by atoms with E-state index in [4.69, 9.17) is 16.0 Å². The molecule has 0 bridgehead atoms. The number of halogens is 2. The van der Waals surface area contributed by atoms with Crippen LogP contribution in [0.3, 0.4) is 0 Å².